The Kier molecular flexibility index (Phi) is 3.89. The maximum absolute atomic E-state index is 11.3. The molecular weight excluding hydrogens is 252 g/mol. The minimum absolute atomic E-state index is 0.116. The van der Waals surface area contributed by atoms with E-state index in [4.69, 9.17) is 10.8 Å². The first-order valence-corrected chi connectivity index (χ1v) is 5.46. The zero-order chi connectivity index (χ0) is 14.8. The van der Waals surface area contributed by atoms with E-state index >= 15 is 0 Å². The van der Waals surface area contributed by atoms with Crippen LogP contribution in [-0.2, 0) is 16.0 Å². The summed E-state index contributed by atoms with van der Waals surface area (Å²) in [4.78, 5) is 32.7. The number of nitrogens with two attached hydrogens (primary N) is 1. The predicted octanol–water partition coefficient (Wildman–Crippen LogP) is 1.02. The number of amides is 1. The summed E-state index contributed by atoms with van der Waals surface area (Å²) in [6.07, 6.45) is -0.189. The Hall–Kier alpha value is -2.44. The molecular formula is C12H14N2O5. The van der Waals surface area contributed by atoms with Crippen LogP contribution in [0.3, 0.4) is 0 Å². The number of hydrogen-bond donors (Lipinski definition) is 2. The van der Waals surface area contributed by atoms with Crippen LogP contribution in [-0.4, -0.2) is 21.9 Å². The van der Waals surface area contributed by atoms with E-state index in [2.05, 4.69) is 0 Å². The minimum atomic E-state index is -1.79. The van der Waals surface area contributed by atoms with Crippen molar-refractivity contribution in [2.24, 2.45) is 11.1 Å². The summed E-state index contributed by atoms with van der Waals surface area (Å²) in [6, 6.07) is 4.32. The van der Waals surface area contributed by atoms with Gasteiger partial charge in [-0.2, -0.15) is 0 Å². The molecule has 102 valence electrons. The SMILES string of the molecule is Cc1c(CC(C)(C(N)=O)C(=O)O)cccc1[N+](=O)[O-]. The normalized spacial score (nSPS) is 13.6. The van der Waals surface area contributed by atoms with Crippen LogP contribution in [0, 0.1) is 22.5 Å². The Bertz CT molecular complexity index is 539. The number of carboxylic acid groups (broad SMARTS) is 1. The molecule has 1 aromatic rings. The van der Waals surface area contributed by atoms with Crippen LogP contribution in [0.4, 0.5) is 5.69 Å². The monoisotopic (exact) mass is 266 g/mol. The van der Waals surface area contributed by atoms with Gasteiger partial charge in [0.05, 0.1) is 4.92 Å². The Morgan fingerprint density at radius 2 is 2.05 bits per heavy atom. The summed E-state index contributed by atoms with van der Waals surface area (Å²) in [5.74, 6) is -2.34. The standard InChI is InChI=1S/C12H14N2O5/c1-7-8(4-3-5-9(7)14(18)19)6-12(2,10(13)15)11(16)17/h3-5H,6H2,1-2H3,(H2,13,15)(H,16,17). The number of carboxylic acids is 1. The number of nitro groups is 1. The van der Waals surface area contributed by atoms with Crippen LogP contribution < -0.4 is 5.73 Å². The van der Waals surface area contributed by atoms with Gasteiger partial charge >= 0.3 is 5.97 Å². The third-order valence-corrected chi connectivity index (χ3v) is 3.17. The molecule has 1 rings (SSSR count). The average molecular weight is 266 g/mol. The van der Waals surface area contributed by atoms with Crippen molar-refractivity contribution in [2.45, 2.75) is 20.3 Å². The lowest BCUT2D eigenvalue weighted by atomic mass is 9.81. The Morgan fingerprint density at radius 1 is 1.47 bits per heavy atom. The van der Waals surface area contributed by atoms with Gasteiger partial charge in [-0.1, -0.05) is 12.1 Å². The molecule has 0 fully saturated rings. The minimum Gasteiger partial charge on any atom is -0.480 e. The van der Waals surface area contributed by atoms with E-state index in [1.54, 1.807) is 6.07 Å². The Morgan fingerprint density at radius 3 is 2.47 bits per heavy atom. The number of carbonyl (C=O) groups is 2. The molecule has 19 heavy (non-hydrogen) atoms. The maximum atomic E-state index is 11.3. The molecule has 1 aromatic carbocycles. The summed E-state index contributed by atoms with van der Waals surface area (Å²) in [5, 5.41) is 19.9. The van der Waals surface area contributed by atoms with Crippen molar-refractivity contribution in [3.8, 4) is 0 Å². The first-order valence-electron chi connectivity index (χ1n) is 5.46. The summed E-state index contributed by atoms with van der Waals surface area (Å²) in [6.45, 7) is 2.71. The molecule has 0 bridgehead atoms. The van der Waals surface area contributed by atoms with Crippen LogP contribution in [0.15, 0.2) is 18.2 Å². The molecule has 0 saturated heterocycles. The van der Waals surface area contributed by atoms with Gasteiger partial charge in [0.2, 0.25) is 5.91 Å². The summed E-state index contributed by atoms with van der Waals surface area (Å²) in [7, 11) is 0. The number of aliphatic carboxylic acids is 1. The smallest absolute Gasteiger partial charge is 0.319 e. The quantitative estimate of drug-likeness (QED) is 0.467. The number of carbonyl (C=O) groups excluding carboxylic acids is 1. The second kappa shape index (κ2) is 5.05. The summed E-state index contributed by atoms with van der Waals surface area (Å²) in [5.41, 5.74) is 3.96. The molecule has 3 N–H and O–H groups in total. The highest BCUT2D eigenvalue weighted by molar-refractivity contribution is 6.01. The lowest BCUT2D eigenvalue weighted by molar-refractivity contribution is -0.385. The fourth-order valence-electron chi connectivity index (χ4n) is 1.71. The van der Waals surface area contributed by atoms with Gasteiger partial charge in [-0.25, -0.2) is 0 Å². The number of rotatable bonds is 5. The van der Waals surface area contributed by atoms with Crippen LogP contribution in [0.5, 0.6) is 0 Å². The van der Waals surface area contributed by atoms with Crippen LogP contribution in [0.25, 0.3) is 0 Å². The van der Waals surface area contributed by atoms with Gasteiger partial charge in [-0.3, -0.25) is 19.7 Å². The molecule has 7 nitrogen and oxygen atoms in total. The lowest BCUT2D eigenvalue weighted by Crippen LogP contribution is -2.43. The van der Waals surface area contributed by atoms with Gasteiger partial charge < -0.3 is 10.8 Å². The topological polar surface area (TPSA) is 124 Å². The molecule has 0 aliphatic carbocycles. The second-order valence-electron chi connectivity index (χ2n) is 4.50. The number of primary amides is 1. The summed E-state index contributed by atoms with van der Waals surface area (Å²) >= 11 is 0. The van der Waals surface area contributed by atoms with Gasteiger partial charge in [0.1, 0.15) is 5.41 Å². The van der Waals surface area contributed by atoms with E-state index in [1.165, 1.54) is 26.0 Å². The van der Waals surface area contributed by atoms with E-state index < -0.39 is 22.2 Å². The highest BCUT2D eigenvalue weighted by Crippen LogP contribution is 2.28. The largest absolute Gasteiger partial charge is 0.480 e. The van der Waals surface area contributed by atoms with Crippen molar-refractivity contribution in [3.63, 3.8) is 0 Å². The molecule has 1 unspecified atom stereocenters. The van der Waals surface area contributed by atoms with Gasteiger partial charge in [-0.05, 0) is 25.8 Å². The van der Waals surface area contributed by atoms with Gasteiger partial charge in [0, 0.05) is 11.6 Å². The average Bonchev–Trinajstić information content (AvgIpc) is 2.30. The molecule has 1 atom stereocenters. The van der Waals surface area contributed by atoms with Crippen molar-refractivity contribution in [1.82, 2.24) is 0 Å². The molecule has 0 heterocycles. The van der Waals surface area contributed by atoms with Crippen LogP contribution in [0.2, 0.25) is 0 Å². The van der Waals surface area contributed by atoms with Gasteiger partial charge in [0.25, 0.3) is 5.69 Å². The highest BCUT2D eigenvalue weighted by atomic mass is 16.6. The van der Waals surface area contributed by atoms with Crippen molar-refractivity contribution >= 4 is 17.6 Å². The van der Waals surface area contributed by atoms with E-state index in [0.29, 0.717) is 11.1 Å². The van der Waals surface area contributed by atoms with E-state index in [1.807, 2.05) is 0 Å². The summed E-state index contributed by atoms with van der Waals surface area (Å²) < 4.78 is 0. The Balaban J connectivity index is 3.26. The third-order valence-electron chi connectivity index (χ3n) is 3.17. The number of benzene rings is 1. The molecule has 0 aliphatic rings. The fraction of sp³-hybridized carbons (Fsp3) is 0.333. The molecule has 0 saturated carbocycles. The van der Waals surface area contributed by atoms with Crippen molar-refractivity contribution < 1.29 is 19.6 Å². The van der Waals surface area contributed by atoms with Crippen molar-refractivity contribution in [2.75, 3.05) is 0 Å². The van der Waals surface area contributed by atoms with Crippen LogP contribution >= 0.6 is 0 Å². The first-order chi connectivity index (χ1) is 8.70. The fourth-order valence-corrected chi connectivity index (χ4v) is 1.71. The van der Waals surface area contributed by atoms with Crippen molar-refractivity contribution in [3.05, 3.63) is 39.4 Å². The van der Waals surface area contributed by atoms with Crippen molar-refractivity contribution in [1.29, 1.82) is 0 Å². The number of hydrogen-bond acceptors (Lipinski definition) is 4. The van der Waals surface area contributed by atoms with Gasteiger partial charge in [0.15, 0.2) is 0 Å². The molecule has 0 radical (unpaired) electrons. The lowest BCUT2D eigenvalue weighted by Gasteiger charge is -2.21. The zero-order valence-corrected chi connectivity index (χ0v) is 10.5. The molecule has 7 heteroatoms. The van der Waals surface area contributed by atoms with E-state index in [-0.39, 0.29) is 12.1 Å². The number of nitro benzene ring substituents is 1. The molecule has 0 aromatic heterocycles. The highest BCUT2D eigenvalue weighted by Gasteiger charge is 2.40. The second-order valence-corrected chi connectivity index (χ2v) is 4.50. The zero-order valence-electron chi connectivity index (χ0n) is 10.5. The molecule has 1 amide bonds. The predicted molar refractivity (Wildman–Crippen MR) is 66.5 cm³/mol. The van der Waals surface area contributed by atoms with E-state index in [9.17, 15) is 19.7 Å². The third kappa shape index (κ3) is 2.70. The number of nitrogens with zero attached hydrogens (tertiary/aromatic N) is 1. The first kappa shape index (κ1) is 14.6. The maximum Gasteiger partial charge on any atom is 0.319 e. The van der Waals surface area contributed by atoms with Crippen LogP contribution in [0.1, 0.15) is 18.1 Å². The Labute approximate surface area is 109 Å². The molecule has 0 aliphatic heterocycles. The van der Waals surface area contributed by atoms with E-state index in [0.717, 1.165) is 0 Å². The van der Waals surface area contributed by atoms with Gasteiger partial charge in [-0.15, -0.1) is 0 Å². The molecule has 0 spiro atoms.